The number of anilines is 1. The quantitative estimate of drug-likeness (QED) is 0.931. The molecule has 2 aliphatic rings. The maximum absolute atomic E-state index is 13.0. The Morgan fingerprint density at radius 2 is 2.08 bits per heavy atom. The number of nitrogens with zero attached hydrogens (tertiary/aromatic N) is 1. The minimum atomic E-state index is -0.451. The molecule has 0 aromatic heterocycles. The summed E-state index contributed by atoms with van der Waals surface area (Å²) in [6.45, 7) is 0.952. The van der Waals surface area contributed by atoms with Crippen molar-refractivity contribution in [3.8, 4) is 17.2 Å². The van der Waals surface area contributed by atoms with Crippen molar-refractivity contribution in [2.75, 3.05) is 32.8 Å². The Kier molecular flexibility index (Phi) is 3.97. The highest BCUT2D eigenvalue weighted by Crippen LogP contribution is 2.49. The number of carbonyl (C=O) groups excluding carboxylic acids is 1. The Morgan fingerprint density at radius 1 is 1.28 bits per heavy atom. The van der Waals surface area contributed by atoms with Gasteiger partial charge in [0.05, 0.1) is 7.11 Å². The first-order chi connectivity index (χ1) is 12.2. The molecule has 2 aromatic rings. The number of ether oxygens (including phenoxy) is 3. The zero-order chi connectivity index (χ0) is 17.4. The summed E-state index contributed by atoms with van der Waals surface area (Å²) in [7, 11) is 3.54. The van der Waals surface area contributed by atoms with E-state index in [1.807, 2.05) is 48.3 Å². The average Bonchev–Trinajstić information content (AvgIpc) is 3.08. The van der Waals surface area contributed by atoms with Crippen molar-refractivity contribution in [1.82, 2.24) is 4.90 Å². The third-order valence-corrected chi connectivity index (χ3v) is 4.69. The largest absolute Gasteiger partial charge is 0.492 e. The topological polar surface area (TPSA) is 60.0 Å². The highest BCUT2D eigenvalue weighted by Gasteiger charge is 2.37. The first-order valence-electron chi connectivity index (χ1n) is 8.24. The van der Waals surface area contributed by atoms with Gasteiger partial charge in [0.15, 0.2) is 11.5 Å². The molecular weight excluding hydrogens is 320 g/mol. The van der Waals surface area contributed by atoms with Crippen LogP contribution in [0, 0.1) is 0 Å². The summed E-state index contributed by atoms with van der Waals surface area (Å²) in [6.07, 6.45) is 0.827. The van der Waals surface area contributed by atoms with Gasteiger partial charge in [0.1, 0.15) is 6.04 Å². The molecule has 1 amide bonds. The predicted octanol–water partition coefficient (Wildman–Crippen LogP) is 2.59. The van der Waals surface area contributed by atoms with Gasteiger partial charge in [-0.25, -0.2) is 0 Å². The number of benzene rings is 2. The van der Waals surface area contributed by atoms with E-state index in [0.717, 1.165) is 29.8 Å². The summed E-state index contributed by atoms with van der Waals surface area (Å²) in [5.74, 6) is 1.76. The highest BCUT2D eigenvalue weighted by molar-refractivity contribution is 5.96. The molecule has 1 atom stereocenters. The van der Waals surface area contributed by atoms with Gasteiger partial charge in [-0.1, -0.05) is 18.2 Å². The number of para-hydroxylation sites is 1. The second kappa shape index (κ2) is 6.29. The number of carbonyl (C=O) groups is 1. The highest BCUT2D eigenvalue weighted by atomic mass is 16.7. The molecule has 0 saturated carbocycles. The van der Waals surface area contributed by atoms with Gasteiger partial charge in [0, 0.05) is 17.8 Å². The summed E-state index contributed by atoms with van der Waals surface area (Å²) in [6, 6.07) is 11.0. The smallest absolute Gasteiger partial charge is 0.246 e. The number of hydrogen-bond donors (Lipinski definition) is 1. The molecule has 0 aliphatic carbocycles. The maximum atomic E-state index is 13.0. The van der Waals surface area contributed by atoms with Crippen molar-refractivity contribution in [1.29, 1.82) is 0 Å². The van der Waals surface area contributed by atoms with E-state index < -0.39 is 6.04 Å². The number of nitrogens with one attached hydrogen (secondary N) is 1. The fraction of sp³-hybridized carbons (Fsp3) is 0.316. The second-order valence-corrected chi connectivity index (χ2v) is 6.20. The summed E-state index contributed by atoms with van der Waals surface area (Å²) in [5, 5.41) is 2.99. The lowest BCUT2D eigenvalue weighted by Gasteiger charge is -2.34. The van der Waals surface area contributed by atoms with Crippen LogP contribution in [0.25, 0.3) is 0 Å². The van der Waals surface area contributed by atoms with Crippen LogP contribution in [-0.2, 0) is 11.2 Å². The van der Waals surface area contributed by atoms with Crippen molar-refractivity contribution in [3.05, 3.63) is 47.5 Å². The van der Waals surface area contributed by atoms with Crippen molar-refractivity contribution >= 4 is 11.6 Å². The number of hydrogen-bond acceptors (Lipinski definition) is 5. The molecule has 1 N–H and O–H groups in total. The molecule has 25 heavy (non-hydrogen) atoms. The summed E-state index contributed by atoms with van der Waals surface area (Å²) in [4.78, 5) is 15.1. The van der Waals surface area contributed by atoms with Crippen LogP contribution in [-0.4, -0.2) is 38.3 Å². The molecule has 2 heterocycles. The molecular formula is C19H20N2O4. The first-order valence-corrected chi connectivity index (χ1v) is 8.24. The minimum absolute atomic E-state index is 0.0909. The Bertz CT molecular complexity index is 807. The van der Waals surface area contributed by atoms with Gasteiger partial charge in [-0.05, 0) is 37.2 Å². The number of fused-ring (bicyclic) bond motifs is 2. The SMILES string of the molecule is COc1c2c(cc3c1[C@@H](C(=O)Nc1ccccc1)N(C)CC3)OCO2. The first kappa shape index (κ1) is 15.8. The number of amides is 1. The van der Waals surface area contributed by atoms with E-state index in [1.165, 1.54) is 0 Å². The average molecular weight is 340 g/mol. The summed E-state index contributed by atoms with van der Waals surface area (Å²) < 4.78 is 16.7. The van der Waals surface area contributed by atoms with E-state index in [1.54, 1.807) is 7.11 Å². The molecule has 0 bridgehead atoms. The summed E-state index contributed by atoms with van der Waals surface area (Å²) in [5.41, 5.74) is 2.69. The monoisotopic (exact) mass is 340 g/mol. The fourth-order valence-electron chi connectivity index (χ4n) is 3.50. The van der Waals surface area contributed by atoms with Gasteiger partial charge in [-0.2, -0.15) is 0 Å². The van der Waals surface area contributed by atoms with Crippen LogP contribution >= 0.6 is 0 Å². The number of methoxy groups -OCH3 is 1. The molecule has 0 unspecified atom stereocenters. The second-order valence-electron chi connectivity index (χ2n) is 6.20. The Labute approximate surface area is 146 Å². The van der Waals surface area contributed by atoms with Crippen LogP contribution in [0.3, 0.4) is 0 Å². The van der Waals surface area contributed by atoms with Gasteiger partial charge in [0.25, 0.3) is 0 Å². The standard InChI is InChI=1S/C19H20N2O4/c1-21-9-8-12-10-14-17(25-11-24-14)18(23-2)15(12)16(21)19(22)20-13-6-4-3-5-7-13/h3-7,10,16H,8-9,11H2,1-2H3,(H,20,22)/t16-/m0/s1. The van der Waals surface area contributed by atoms with Gasteiger partial charge < -0.3 is 19.5 Å². The molecule has 0 fully saturated rings. The van der Waals surface area contributed by atoms with Gasteiger partial charge in [-0.15, -0.1) is 0 Å². The van der Waals surface area contributed by atoms with Crippen LogP contribution in [0.4, 0.5) is 5.69 Å². The van der Waals surface area contributed by atoms with E-state index in [9.17, 15) is 4.79 Å². The molecule has 130 valence electrons. The van der Waals surface area contributed by atoms with E-state index in [4.69, 9.17) is 14.2 Å². The predicted molar refractivity (Wildman–Crippen MR) is 93.3 cm³/mol. The van der Waals surface area contributed by atoms with E-state index >= 15 is 0 Å². The third-order valence-electron chi connectivity index (χ3n) is 4.69. The Balaban J connectivity index is 1.76. The normalized spacial score (nSPS) is 18.6. The van der Waals surface area contributed by atoms with Crippen LogP contribution in [0.2, 0.25) is 0 Å². The third kappa shape index (κ3) is 2.68. The molecule has 6 nitrogen and oxygen atoms in total. The molecule has 0 spiro atoms. The molecule has 4 rings (SSSR count). The molecule has 2 aromatic carbocycles. The Morgan fingerprint density at radius 3 is 2.84 bits per heavy atom. The number of rotatable bonds is 3. The van der Waals surface area contributed by atoms with E-state index in [2.05, 4.69) is 5.32 Å². The summed E-state index contributed by atoms with van der Waals surface area (Å²) >= 11 is 0. The van der Waals surface area contributed by atoms with Crippen molar-refractivity contribution in [2.24, 2.45) is 0 Å². The lowest BCUT2D eigenvalue weighted by Crippen LogP contribution is -2.39. The lowest BCUT2D eigenvalue weighted by atomic mass is 9.90. The molecule has 6 heteroatoms. The zero-order valence-corrected chi connectivity index (χ0v) is 14.2. The number of likely N-dealkylation sites (N-methyl/N-ethyl adjacent to an activating group) is 1. The van der Waals surface area contributed by atoms with E-state index in [0.29, 0.717) is 17.2 Å². The lowest BCUT2D eigenvalue weighted by molar-refractivity contribution is -0.121. The van der Waals surface area contributed by atoms with Crippen molar-refractivity contribution < 1.29 is 19.0 Å². The Hall–Kier alpha value is -2.73. The van der Waals surface area contributed by atoms with Crippen LogP contribution < -0.4 is 19.5 Å². The minimum Gasteiger partial charge on any atom is -0.492 e. The molecule has 2 aliphatic heterocycles. The van der Waals surface area contributed by atoms with Crippen LogP contribution in [0.5, 0.6) is 17.2 Å². The van der Waals surface area contributed by atoms with Crippen molar-refractivity contribution in [3.63, 3.8) is 0 Å². The van der Waals surface area contributed by atoms with Gasteiger partial charge in [-0.3, -0.25) is 9.69 Å². The van der Waals surface area contributed by atoms with E-state index in [-0.39, 0.29) is 12.7 Å². The van der Waals surface area contributed by atoms with Gasteiger partial charge in [0.2, 0.25) is 18.4 Å². The van der Waals surface area contributed by atoms with Crippen LogP contribution in [0.15, 0.2) is 36.4 Å². The fourth-order valence-corrected chi connectivity index (χ4v) is 3.50. The van der Waals surface area contributed by atoms with Crippen molar-refractivity contribution in [2.45, 2.75) is 12.5 Å². The zero-order valence-electron chi connectivity index (χ0n) is 14.2. The maximum Gasteiger partial charge on any atom is 0.246 e. The molecule has 0 saturated heterocycles. The van der Waals surface area contributed by atoms with Gasteiger partial charge >= 0.3 is 0 Å². The molecule has 0 radical (unpaired) electrons. The van der Waals surface area contributed by atoms with Crippen LogP contribution in [0.1, 0.15) is 17.2 Å².